The molecule has 3 atom stereocenters. The molecular weight excluding hydrogens is 360 g/mol. The van der Waals surface area contributed by atoms with Crippen molar-refractivity contribution in [3.63, 3.8) is 0 Å². The second-order valence-corrected chi connectivity index (χ2v) is 8.05. The van der Waals surface area contributed by atoms with E-state index in [2.05, 4.69) is 20.8 Å². The number of amides is 3. The fourth-order valence-electron chi connectivity index (χ4n) is 4.48. The molecule has 3 N–H and O–H groups in total. The van der Waals surface area contributed by atoms with E-state index in [0.29, 0.717) is 25.3 Å². The standard InChI is InChI=1S/C19H28N6O3/c26-17-7-14(12-25(17)15-9-22-23-10-15)19(28)24-6-2-3-13(11-24)8-21-18(27)16-4-1-5-20-16/h9-10,13-14,16,20H,1-8,11-12H2,(H,21,27)(H,22,23). The molecule has 3 aliphatic heterocycles. The maximum absolute atomic E-state index is 13.0. The monoisotopic (exact) mass is 388 g/mol. The molecule has 1 aromatic rings. The molecule has 28 heavy (non-hydrogen) atoms. The molecule has 9 nitrogen and oxygen atoms in total. The minimum absolute atomic E-state index is 0.0374. The van der Waals surface area contributed by atoms with Gasteiger partial charge in [-0.1, -0.05) is 0 Å². The first-order valence-corrected chi connectivity index (χ1v) is 10.2. The molecule has 1 aromatic heterocycles. The molecule has 0 aromatic carbocycles. The van der Waals surface area contributed by atoms with Gasteiger partial charge in [0.15, 0.2) is 0 Å². The summed E-state index contributed by atoms with van der Waals surface area (Å²) in [7, 11) is 0. The van der Waals surface area contributed by atoms with E-state index in [1.54, 1.807) is 17.3 Å². The van der Waals surface area contributed by atoms with Crippen molar-refractivity contribution in [3.05, 3.63) is 12.4 Å². The van der Waals surface area contributed by atoms with Crippen LogP contribution in [0.3, 0.4) is 0 Å². The third kappa shape index (κ3) is 4.04. The number of H-pyrrole nitrogens is 1. The van der Waals surface area contributed by atoms with Crippen LogP contribution in [0.2, 0.25) is 0 Å². The summed E-state index contributed by atoms with van der Waals surface area (Å²) in [5.74, 6) is 0.0409. The van der Waals surface area contributed by atoms with Crippen LogP contribution in [0.1, 0.15) is 32.1 Å². The zero-order chi connectivity index (χ0) is 19.5. The van der Waals surface area contributed by atoms with E-state index in [9.17, 15) is 14.4 Å². The molecule has 152 valence electrons. The van der Waals surface area contributed by atoms with Crippen LogP contribution in [0.4, 0.5) is 5.69 Å². The van der Waals surface area contributed by atoms with Crippen LogP contribution in [-0.4, -0.2) is 71.6 Å². The minimum Gasteiger partial charge on any atom is -0.354 e. The summed E-state index contributed by atoms with van der Waals surface area (Å²) in [4.78, 5) is 41.0. The van der Waals surface area contributed by atoms with Crippen molar-refractivity contribution in [2.75, 3.05) is 37.6 Å². The molecule has 3 unspecified atom stereocenters. The summed E-state index contributed by atoms with van der Waals surface area (Å²) < 4.78 is 0. The summed E-state index contributed by atoms with van der Waals surface area (Å²) in [6.45, 7) is 3.28. The Hall–Kier alpha value is -2.42. The second-order valence-electron chi connectivity index (χ2n) is 8.05. The lowest BCUT2D eigenvalue weighted by Crippen LogP contribution is -2.48. The molecule has 3 saturated heterocycles. The summed E-state index contributed by atoms with van der Waals surface area (Å²) in [6, 6.07) is -0.0697. The van der Waals surface area contributed by atoms with E-state index in [4.69, 9.17) is 0 Å². The van der Waals surface area contributed by atoms with Crippen molar-refractivity contribution in [1.82, 2.24) is 25.7 Å². The van der Waals surface area contributed by atoms with Gasteiger partial charge in [0, 0.05) is 38.8 Å². The Labute approximate surface area is 164 Å². The number of anilines is 1. The summed E-state index contributed by atoms with van der Waals surface area (Å²) >= 11 is 0. The molecule has 0 spiro atoms. The van der Waals surface area contributed by atoms with Crippen LogP contribution < -0.4 is 15.5 Å². The van der Waals surface area contributed by atoms with Gasteiger partial charge in [0.05, 0.1) is 23.8 Å². The Morgan fingerprint density at radius 2 is 2.14 bits per heavy atom. The van der Waals surface area contributed by atoms with Crippen LogP contribution >= 0.6 is 0 Å². The van der Waals surface area contributed by atoms with Gasteiger partial charge in [-0.2, -0.15) is 5.10 Å². The van der Waals surface area contributed by atoms with Crippen molar-refractivity contribution < 1.29 is 14.4 Å². The maximum Gasteiger partial charge on any atom is 0.237 e. The number of piperidine rings is 1. The Kier molecular flexibility index (Phi) is 5.61. The third-order valence-electron chi connectivity index (χ3n) is 6.04. The number of carbonyl (C=O) groups excluding carboxylic acids is 3. The first-order chi connectivity index (χ1) is 13.6. The van der Waals surface area contributed by atoms with E-state index < -0.39 is 0 Å². The Balaban J connectivity index is 1.28. The number of aromatic amines is 1. The molecule has 4 rings (SSSR count). The Bertz CT molecular complexity index is 715. The zero-order valence-corrected chi connectivity index (χ0v) is 16.0. The van der Waals surface area contributed by atoms with Gasteiger partial charge in [-0.3, -0.25) is 19.5 Å². The van der Waals surface area contributed by atoms with Crippen LogP contribution in [-0.2, 0) is 14.4 Å². The van der Waals surface area contributed by atoms with E-state index in [-0.39, 0.29) is 42.0 Å². The predicted molar refractivity (Wildman–Crippen MR) is 102 cm³/mol. The molecular formula is C19H28N6O3. The van der Waals surface area contributed by atoms with Crippen LogP contribution in [0.25, 0.3) is 0 Å². The molecule has 3 amide bonds. The van der Waals surface area contributed by atoms with E-state index in [0.717, 1.165) is 38.8 Å². The molecule has 0 saturated carbocycles. The van der Waals surface area contributed by atoms with Crippen LogP contribution in [0.15, 0.2) is 12.4 Å². The van der Waals surface area contributed by atoms with Crippen LogP contribution in [0, 0.1) is 11.8 Å². The number of hydrogen-bond donors (Lipinski definition) is 3. The van der Waals surface area contributed by atoms with Gasteiger partial charge < -0.3 is 20.4 Å². The first kappa shape index (κ1) is 18.9. The van der Waals surface area contributed by atoms with Crippen molar-refractivity contribution >= 4 is 23.4 Å². The summed E-state index contributed by atoms with van der Waals surface area (Å²) in [5.41, 5.74) is 0.708. The second kappa shape index (κ2) is 8.30. The smallest absolute Gasteiger partial charge is 0.237 e. The number of nitrogens with one attached hydrogen (secondary N) is 3. The van der Waals surface area contributed by atoms with Gasteiger partial charge in [0.1, 0.15) is 0 Å². The molecule has 4 heterocycles. The average Bonchev–Trinajstić information content (AvgIpc) is 3.46. The van der Waals surface area contributed by atoms with Gasteiger partial charge in [-0.15, -0.1) is 0 Å². The Morgan fingerprint density at radius 3 is 2.89 bits per heavy atom. The maximum atomic E-state index is 13.0. The molecule has 0 aliphatic carbocycles. The van der Waals surface area contributed by atoms with Gasteiger partial charge in [-0.05, 0) is 38.1 Å². The summed E-state index contributed by atoms with van der Waals surface area (Å²) in [5, 5.41) is 12.8. The highest BCUT2D eigenvalue weighted by atomic mass is 16.2. The number of rotatable bonds is 5. The molecule has 0 radical (unpaired) electrons. The zero-order valence-electron chi connectivity index (χ0n) is 16.0. The largest absolute Gasteiger partial charge is 0.354 e. The Morgan fingerprint density at radius 1 is 1.25 bits per heavy atom. The summed E-state index contributed by atoms with van der Waals surface area (Å²) in [6.07, 6.45) is 7.39. The predicted octanol–water partition coefficient (Wildman–Crippen LogP) is -0.131. The minimum atomic E-state index is -0.307. The molecule has 0 bridgehead atoms. The lowest BCUT2D eigenvalue weighted by Gasteiger charge is -2.34. The van der Waals surface area contributed by atoms with Gasteiger partial charge >= 0.3 is 0 Å². The van der Waals surface area contributed by atoms with Crippen LogP contribution in [0.5, 0.6) is 0 Å². The van der Waals surface area contributed by atoms with E-state index in [1.165, 1.54) is 0 Å². The molecule has 3 fully saturated rings. The fraction of sp³-hybridized carbons (Fsp3) is 0.684. The third-order valence-corrected chi connectivity index (χ3v) is 6.04. The highest BCUT2D eigenvalue weighted by molar-refractivity contribution is 6.00. The average molecular weight is 388 g/mol. The fourth-order valence-corrected chi connectivity index (χ4v) is 4.48. The number of likely N-dealkylation sites (tertiary alicyclic amines) is 1. The van der Waals surface area contributed by atoms with Gasteiger partial charge in [0.25, 0.3) is 0 Å². The highest BCUT2D eigenvalue weighted by Crippen LogP contribution is 2.27. The van der Waals surface area contributed by atoms with E-state index >= 15 is 0 Å². The van der Waals surface area contributed by atoms with E-state index in [1.807, 2.05) is 4.90 Å². The van der Waals surface area contributed by atoms with Crippen molar-refractivity contribution in [2.24, 2.45) is 11.8 Å². The number of aromatic nitrogens is 2. The molecule has 3 aliphatic rings. The van der Waals surface area contributed by atoms with Crippen molar-refractivity contribution in [1.29, 1.82) is 0 Å². The van der Waals surface area contributed by atoms with Crippen molar-refractivity contribution in [3.8, 4) is 0 Å². The normalized spacial score (nSPS) is 28.0. The van der Waals surface area contributed by atoms with Gasteiger partial charge in [-0.25, -0.2) is 0 Å². The quantitative estimate of drug-likeness (QED) is 0.651. The lowest BCUT2D eigenvalue weighted by atomic mass is 9.96. The number of hydrogen-bond acceptors (Lipinski definition) is 5. The number of nitrogens with zero attached hydrogens (tertiary/aromatic N) is 3. The lowest BCUT2D eigenvalue weighted by molar-refractivity contribution is -0.137. The molecule has 9 heteroatoms. The van der Waals surface area contributed by atoms with Gasteiger partial charge in [0.2, 0.25) is 17.7 Å². The number of carbonyl (C=O) groups is 3. The topological polar surface area (TPSA) is 110 Å². The first-order valence-electron chi connectivity index (χ1n) is 10.2. The van der Waals surface area contributed by atoms with Crippen molar-refractivity contribution in [2.45, 2.75) is 38.1 Å². The SMILES string of the molecule is O=C(NCC1CCCN(C(=O)C2CC(=O)N(c3cn[nH]c3)C2)C1)C1CCCN1. The highest BCUT2D eigenvalue weighted by Gasteiger charge is 2.38.